The zero-order valence-electron chi connectivity index (χ0n) is 16.5. The first kappa shape index (κ1) is 20.1. The number of aromatic nitrogens is 1. The van der Waals surface area contributed by atoms with Crippen LogP contribution in [0.25, 0.3) is 0 Å². The Morgan fingerprint density at radius 2 is 1.96 bits per heavy atom. The second-order valence-electron chi connectivity index (χ2n) is 6.75. The smallest absolute Gasteiger partial charge is 0.261 e. The van der Waals surface area contributed by atoms with Crippen molar-refractivity contribution in [2.75, 3.05) is 34.2 Å². The summed E-state index contributed by atoms with van der Waals surface area (Å²) in [5, 5.41) is 0. The third-order valence-corrected chi connectivity index (χ3v) is 6.33. The molecule has 0 aliphatic carbocycles. The third-order valence-electron chi connectivity index (χ3n) is 4.95. The summed E-state index contributed by atoms with van der Waals surface area (Å²) in [5.41, 5.74) is 2.08. The van der Waals surface area contributed by atoms with Gasteiger partial charge in [-0.05, 0) is 62.6 Å². The van der Waals surface area contributed by atoms with Crippen molar-refractivity contribution in [3.05, 3.63) is 42.1 Å². The van der Waals surface area contributed by atoms with Gasteiger partial charge in [0, 0.05) is 32.2 Å². The highest BCUT2D eigenvalue weighted by Crippen LogP contribution is 2.30. The number of amides is 1. The fourth-order valence-electron chi connectivity index (χ4n) is 3.46. The maximum absolute atomic E-state index is 12.8. The zero-order chi connectivity index (χ0) is 20.3. The molecule has 1 aromatic carbocycles. The molecule has 0 spiro atoms. The van der Waals surface area contributed by atoms with E-state index in [1.807, 2.05) is 19.9 Å². The van der Waals surface area contributed by atoms with Crippen molar-refractivity contribution in [1.29, 1.82) is 0 Å². The molecular weight excluding hydrogens is 376 g/mol. The van der Waals surface area contributed by atoms with E-state index in [0.29, 0.717) is 12.2 Å². The summed E-state index contributed by atoms with van der Waals surface area (Å²) in [4.78, 5) is 20.1. The van der Waals surface area contributed by atoms with Crippen LogP contribution in [0.15, 0.2) is 41.4 Å². The molecule has 0 radical (unpaired) electrons. The number of carbonyl (C=O) groups is 1. The number of sulfonamides is 1. The number of rotatable bonds is 6. The number of nitrogens with zero attached hydrogens (tertiary/aromatic N) is 3. The molecular formula is C20H26N4O3S. The number of benzene rings is 1. The Kier molecular flexibility index (Phi) is 5.88. The van der Waals surface area contributed by atoms with Gasteiger partial charge in [0.1, 0.15) is 5.82 Å². The van der Waals surface area contributed by atoms with Gasteiger partial charge in [-0.2, -0.15) is 0 Å². The fraction of sp³-hybridized carbons (Fsp3) is 0.400. The number of pyridine rings is 1. The maximum atomic E-state index is 12.8. The zero-order valence-corrected chi connectivity index (χ0v) is 17.3. The minimum atomic E-state index is -3.74. The Morgan fingerprint density at radius 1 is 1.21 bits per heavy atom. The summed E-state index contributed by atoms with van der Waals surface area (Å²) in [6, 6.07) is 8.44. The van der Waals surface area contributed by atoms with Crippen LogP contribution in [-0.4, -0.2) is 38.9 Å². The lowest BCUT2D eigenvalue weighted by Crippen LogP contribution is -2.33. The Labute approximate surface area is 166 Å². The predicted octanol–water partition coefficient (Wildman–Crippen LogP) is 3.03. The Bertz CT molecular complexity index is 954. The van der Waals surface area contributed by atoms with Crippen molar-refractivity contribution in [2.45, 2.75) is 38.5 Å². The number of anilines is 3. The van der Waals surface area contributed by atoms with Gasteiger partial charge in [0.2, 0.25) is 5.91 Å². The van der Waals surface area contributed by atoms with E-state index >= 15 is 0 Å². The van der Waals surface area contributed by atoms with Crippen molar-refractivity contribution in [2.24, 2.45) is 0 Å². The van der Waals surface area contributed by atoms with Gasteiger partial charge in [0.25, 0.3) is 10.0 Å². The van der Waals surface area contributed by atoms with Gasteiger partial charge in [0.05, 0.1) is 16.8 Å². The predicted molar refractivity (Wildman–Crippen MR) is 111 cm³/mol. The highest BCUT2D eigenvalue weighted by molar-refractivity contribution is 7.92. The molecule has 1 aliphatic heterocycles. The molecule has 150 valence electrons. The van der Waals surface area contributed by atoms with Crippen LogP contribution >= 0.6 is 0 Å². The van der Waals surface area contributed by atoms with E-state index in [-0.39, 0.29) is 10.8 Å². The fourth-order valence-corrected chi connectivity index (χ4v) is 4.56. The quantitative estimate of drug-likeness (QED) is 0.803. The number of aryl methyl sites for hydroxylation is 1. The molecule has 0 unspecified atom stereocenters. The molecule has 1 amide bonds. The standard InChI is InChI=1S/C20H26N4O3S/c1-4-23(5-2)20-11-8-17(14-21-20)22-28(26,27)18-9-10-19-16(13-18)7-6-12-24(19)15(3)25/h8-11,13-14,22H,4-7,12H2,1-3H3. The lowest BCUT2D eigenvalue weighted by Gasteiger charge is -2.28. The molecule has 1 aliphatic rings. The molecule has 8 heteroatoms. The second-order valence-corrected chi connectivity index (χ2v) is 8.43. The van der Waals surface area contributed by atoms with E-state index in [1.54, 1.807) is 29.2 Å². The minimum absolute atomic E-state index is 0.0333. The van der Waals surface area contributed by atoms with Crippen LogP contribution in [0.1, 0.15) is 32.8 Å². The Hall–Kier alpha value is -2.61. The summed E-state index contributed by atoms with van der Waals surface area (Å²) in [6.45, 7) is 7.95. The molecule has 0 fully saturated rings. The summed E-state index contributed by atoms with van der Waals surface area (Å²) in [5.74, 6) is 0.778. The van der Waals surface area contributed by atoms with Gasteiger partial charge in [0.15, 0.2) is 0 Å². The molecule has 2 aromatic rings. The van der Waals surface area contributed by atoms with E-state index in [2.05, 4.69) is 14.6 Å². The van der Waals surface area contributed by atoms with Gasteiger partial charge in [-0.15, -0.1) is 0 Å². The third kappa shape index (κ3) is 4.11. The minimum Gasteiger partial charge on any atom is -0.357 e. The van der Waals surface area contributed by atoms with Gasteiger partial charge in [-0.25, -0.2) is 13.4 Å². The van der Waals surface area contributed by atoms with Crippen molar-refractivity contribution in [3.63, 3.8) is 0 Å². The molecule has 1 aromatic heterocycles. The summed E-state index contributed by atoms with van der Waals surface area (Å²) in [7, 11) is -3.74. The summed E-state index contributed by atoms with van der Waals surface area (Å²) >= 11 is 0. The average Bonchev–Trinajstić information content (AvgIpc) is 2.69. The molecule has 0 bridgehead atoms. The van der Waals surface area contributed by atoms with Crippen LogP contribution in [0, 0.1) is 0 Å². The van der Waals surface area contributed by atoms with E-state index in [0.717, 1.165) is 43.0 Å². The number of nitrogens with one attached hydrogen (secondary N) is 1. The largest absolute Gasteiger partial charge is 0.357 e. The summed E-state index contributed by atoms with van der Waals surface area (Å²) in [6.07, 6.45) is 3.10. The van der Waals surface area contributed by atoms with E-state index in [1.165, 1.54) is 13.1 Å². The molecule has 1 N–H and O–H groups in total. The van der Waals surface area contributed by atoms with Gasteiger partial charge >= 0.3 is 0 Å². The molecule has 3 rings (SSSR count). The topological polar surface area (TPSA) is 82.6 Å². The van der Waals surface area contributed by atoms with Crippen LogP contribution in [0.3, 0.4) is 0 Å². The molecule has 0 atom stereocenters. The van der Waals surface area contributed by atoms with Gasteiger partial charge in [-0.1, -0.05) is 0 Å². The van der Waals surface area contributed by atoms with Crippen molar-refractivity contribution < 1.29 is 13.2 Å². The van der Waals surface area contributed by atoms with Gasteiger partial charge in [-0.3, -0.25) is 9.52 Å². The first-order valence-electron chi connectivity index (χ1n) is 9.50. The Morgan fingerprint density at radius 3 is 2.57 bits per heavy atom. The SMILES string of the molecule is CCN(CC)c1ccc(NS(=O)(=O)c2ccc3c(c2)CCCN3C(C)=O)cn1. The average molecular weight is 403 g/mol. The van der Waals surface area contributed by atoms with Crippen molar-refractivity contribution >= 4 is 33.1 Å². The molecule has 28 heavy (non-hydrogen) atoms. The summed E-state index contributed by atoms with van der Waals surface area (Å²) < 4.78 is 28.2. The highest BCUT2D eigenvalue weighted by atomic mass is 32.2. The molecule has 0 saturated heterocycles. The van der Waals surface area contributed by atoms with Crippen LogP contribution < -0.4 is 14.5 Å². The van der Waals surface area contributed by atoms with E-state index < -0.39 is 10.0 Å². The second kappa shape index (κ2) is 8.18. The van der Waals surface area contributed by atoms with Crippen LogP contribution in [0.4, 0.5) is 17.2 Å². The maximum Gasteiger partial charge on any atom is 0.261 e. The number of hydrogen-bond acceptors (Lipinski definition) is 5. The Balaban J connectivity index is 1.83. The van der Waals surface area contributed by atoms with Crippen molar-refractivity contribution in [3.8, 4) is 0 Å². The normalized spacial score (nSPS) is 13.8. The number of carbonyl (C=O) groups excluding carboxylic acids is 1. The van der Waals surface area contributed by atoms with Crippen molar-refractivity contribution in [1.82, 2.24) is 4.98 Å². The van der Waals surface area contributed by atoms with Crippen LogP contribution in [0.5, 0.6) is 0 Å². The number of hydrogen-bond donors (Lipinski definition) is 1. The lowest BCUT2D eigenvalue weighted by molar-refractivity contribution is -0.116. The van der Waals surface area contributed by atoms with Crippen LogP contribution in [0.2, 0.25) is 0 Å². The van der Waals surface area contributed by atoms with Gasteiger partial charge < -0.3 is 9.80 Å². The van der Waals surface area contributed by atoms with Crippen LogP contribution in [-0.2, 0) is 21.2 Å². The molecule has 0 saturated carbocycles. The van der Waals surface area contributed by atoms with E-state index in [9.17, 15) is 13.2 Å². The monoisotopic (exact) mass is 402 g/mol. The first-order chi connectivity index (χ1) is 13.4. The molecule has 2 heterocycles. The first-order valence-corrected chi connectivity index (χ1v) is 11.0. The highest BCUT2D eigenvalue weighted by Gasteiger charge is 2.23. The van der Waals surface area contributed by atoms with E-state index in [4.69, 9.17) is 0 Å². The number of fused-ring (bicyclic) bond motifs is 1. The molecule has 7 nitrogen and oxygen atoms in total. The lowest BCUT2D eigenvalue weighted by atomic mass is 10.0.